The number of nitrogens with zero attached hydrogens (tertiary/aromatic N) is 2. The molecule has 0 aliphatic rings. The number of aromatic nitrogens is 2. The van der Waals surface area contributed by atoms with Crippen molar-refractivity contribution in [3.05, 3.63) is 22.5 Å². The number of aryl methyl sites for hydroxylation is 2. The van der Waals surface area contributed by atoms with E-state index in [4.69, 9.17) is 16.3 Å². The molecule has 1 atom stereocenters. The third-order valence-electron chi connectivity index (χ3n) is 3.06. The molecule has 0 fully saturated rings. The van der Waals surface area contributed by atoms with Crippen LogP contribution in [-0.4, -0.2) is 34.3 Å². The number of halogens is 1. The SMILES string of the molecule is CCCC(C)NC(=O)COC(=O)/C=C/c1c(C)nn(C)c1Cl. The molecule has 1 amide bonds. The van der Waals surface area contributed by atoms with E-state index in [2.05, 4.69) is 10.4 Å². The minimum atomic E-state index is -0.599. The average molecular weight is 328 g/mol. The van der Waals surface area contributed by atoms with Crippen molar-refractivity contribution in [2.45, 2.75) is 39.7 Å². The molecule has 0 aliphatic heterocycles. The number of hydrogen-bond donors (Lipinski definition) is 1. The van der Waals surface area contributed by atoms with Crippen molar-refractivity contribution >= 4 is 29.6 Å². The third-order valence-corrected chi connectivity index (χ3v) is 3.51. The molecule has 0 saturated carbocycles. The molecule has 1 unspecified atom stereocenters. The van der Waals surface area contributed by atoms with Gasteiger partial charge in [-0.3, -0.25) is 9.48 Å². The summed E-state index contributed by atoms with van der Waals surface area (Å²) in [6.45, 7) is 5.45. The Kier molecular flexibility index (Phi) is 7.11. The Morgan fingerprint density at radius 2 is 2.18 bits per heavy atom. The topological polar surface area (TPSA) is 73.2 Å². The van der Waals surface area contributed by atoms with E-state index in [0.29, 0.717) is 16.4 Å². The number of esters is 1. The molecule has 1 aromatic rings. The van der Waals surface area contributed by atoms with Crippen LogP contribution in [0.3, 0.4) is 0 Å². The summed E-state index contributed by atoms with van der Waals surface area (Å²) in [4.78, 5) is 23.2. The van der Waals surface area contributed by atoms with Crippen LogP contribution in [0.25, 0.3) is 6.08 Å². The van der Waals surface area contributed by atoms with E-state index in [-0.39, 0.29) is 18.6 Å². The second kappa shape index (κ2) is 8.58. The van der Waals surface area contributed by atoms with E-state index >= 15 is 0 Å². The maximum atomic E-state index is 11.6. The molecule has 0 aliphatic carbocycles. The number of ether oxygens (including phenoxy) is 1. The maximum absolute atomic E-state index is 11.6. The zero-order valence-corrected chi connectivity index (χ0v) is 14.1. The highest BCUT2D eigenvalue weighted by atomic mass is 35.5. The van der Waals surface area contributed by atoms with Gasteiger partial charge in [0.1, 0.15) is 5.15 Å². The van der Waals surface area contributed by atoms with Crippen molar-refractivity contribution in [1.29, 1.82) is 0 Å². The van der Waals surface area contributed by atoms with E-state index in [1.165, 1.54) is 16.8 Å². The smallest absolute Gasteiger partial charge is 0.331 e. The Bertz CT molecular complexity index is 567. The molecule has 7 heteroatoms. The Morgan fingerprint density at radius 1 is 1.50 bits per heavy atom. The molecule has 1 N–H and O–H groups in total. The molecule has 0 aromatic carbocycles. The first-order valence-corrected chi connectivity index (χ1v) is 7.56. The lowest BCUT2D eigenvalue weighted by atomic mass is 10.2. The fraction of sp³-hybridized carbons (Fsp3) is 0.533. The van der Waals surface area contributed by atoms with Gasteiger partial charge in [-0.2, -0.15) is 5.10 Å². The summed E-state index contributed by atoms with van der Waals surface area (Å²) in [6, 6.07) is 0.0728. The van der Waals surface area contributed by atoms with Crippen molar-refractivity contribution in [1.82, 2.24) is 15.1 Å². The number of amides is 1. The third kappa shape index (κ3) is 5.52. The van der Waals surface area contributed by atoms with Gasteiger partial charge in [-0.25, -0.2) is 4.79 Å². The van der Waals surface area contributed by atoms with Crippen molar-refractivity contribution in [2.24, 2.45) is 7.05 Å². The van der Waals surface area contributed by atoms with E-state index < -0.39 is 5.97 Å². The molecule has 1 heterocycles. The molecule has 0 bridgehead atoms. The molecular weight excluding hydrogens is 306 g/mol. The lowest BCUT2D eigenvalue weighted by Gasteiger charge is -2.12. The first kappa shape index (κ1) is 18.2. The summed E-state index contributed by atoms with van der Waals surface area (Å²) >= 11 is 6.04. The van der Waals surface area contributed by atoms with Gasteiger partial charge in [-0.05, 0) is 26.3 Å². The first-order valence-electron chi connectivity index (χ1n) is 7.18. The van der Waals surface area contributed by atoms with Crippen LogP contribution in [0.1, 0.15) is 37.9 Å². The van der Waals surface area contributed by atoms with Gasteiger partial charge >= 0.3 is 5.97 Å². The minimum absolute atomic E-state index is 0.0728. The van der Waals surface area contributed by atoms with Gasteiger partial charge in [0.05, 0.1) is 5.69 Å². The number of carbonyl (C=O) groups is 2. The molecule has 0 spiro atoms. The van der Waals surface area contributed by atoms with E-state index in [1.807, 2.05) is 13.8 Å². The summed E-state index contributed by atoms with van der Waals surface area (Å²) < 4.78 is 6.40. The van der Waals surface area contributed by atoms with Crippen molar-refractivity contribution in [2.75, 3.05) is 6.61 Å². The summed E-state index contributed by atoms with van der Waals surface area (Å²) in [5.74, 6) is -0.907. The van der Waals surface area contributed by atoms with Gasteiger partial charge in [0.25, 0.3) is 5.91 Å². The van der Waals surface area contributed by atoms with Crippen LogP contribution in [0, 0.1) is 6.92 Å². The fourth-order valence-electron chi connectivity index (χ4n) is 1.99. The summed E-state index contributed by atoms with van der Waals surface area (Å²) in [5, 5.41) is 7.32. The van der Waals surface area contributed by atoms with Crippen molar-refractivity contribution < 1.29 is 14.3 Å². The molecular formula is C15H22ClN3O3. The van der Waals surface area contributed by atoms with Gasteiger partial charge < -0.3 is 10.1 Å². The van der Waals surface area contributed by atoms with E-state index in [1.54, 1.807) is 14.0 Å². The molecule has 0 radical (unpaired) electrons. The average Bonchev–Trinajstić information content (AvgIpc) is 2.68. The molecule has 1 rings (SSSR count). The van der Waals surface area contributed by atoms with Gasteiger partial charge in [0, 0.05) is 24.7 Å². The lowest BCUT2D eigenvalue weighted by Crippen LogP contribution is -2.35. The second-order valence-corrected chi connectivity index (χ2v) is 5.47. The van der Waals surface area contributed by atoms with Crippen LogP contribution in [0.2, 0.25) is 5.15 Å². The summed E-state index contributed by atoms with van der Waals surface area (Å²) in [5.41, 5.74) is 1.37. The summed E-state index contributed by atoms with van der Waals surface area (Å²) in [7, 11) is 1.72. The maximum Gasteiger partial charge on any atom is 0.331 e. The molecule has 6 nitrogen and oxygen atoms in total. The van der Waals surface area contributed by atoms with Gasteiger partial charge in [-0.1, -0.05) is 24.9 Å². The minimum Gasteiger partial charge on any atom is -0.452 e. The predicted octanol–water partition coefficient (Wildman–Crippen LogP) is 2.24. The van der Waals surface area contributed by atoms with Gasteiger partial charge in [0.2, 0.25) is 0 Å². The zero-order chi connectivity index (χ0) is 16.7. The van der Waals surface area contributed by atoms with Crippen LogP contribution in [0.4, 0.5) is 0 Å². The molecule has 0 saturated heterocycles. The van der Waals surface area contributed by atoms with Gasteiger partial charge in [0.15, 0.2) is 6.61 Å². The highest BCUT2D eigenvalue weighted by Gasteiger charge is 2.10. The van der Waals surface area contributed by atoms with Gasteiger partial charge in [-0.15, -0.1) is 0 Å². The molecule has 122 valence electrons. The lowest BCUT2D eigenvalue weighted by molar-refractivity contribution is -0.144. The van der Waals surface area contributed by atoms with E-state index in [0.717, 1.165) is 12.8 Å². The number of nitrogens with one attached hydrogen (secondary N) is 1. The zero-order valence-electron chi connectivity index (χ0n) is 13.4. The first-order chi connectivity index (χ1) is 10.3. The van der Waals surface area contributed by atoms with Crippen LogP contribution < -0.4 is 5.32 Å². The molecule has 22 heavy (non-hydrogen) atoms. The fourth-order valence-corrected chi connectivity index (χ4v) is 2.23. The normalized spacial score (nSPS) is 12.4. The summed E-state index contributed by atoms with van der Waals surface area (Å²) in [6.07, 6.45) is 4.64. The van der Waals surface area contributed by atoms with Crippen LogP contribution in [0.15, 0.2) is 6.08 Å². The second-order valence-electron chi connectivity index (χ2n) is 5.11. The largest absolute Gasteiger partial charge is 0.452 e. The Morgan fingerprint density at radius 3 is 2.73 bits per heavy atom. The monoisotopic (exact) mass is 327 g/mol. The highest BCUT2D eigenvalue weighted by molar-refractivity contribution is 6.31. The number of hydrogen-bond acceptors (Lipinski definition) is 4. The van der Waals surface area contributed by atoms with Crippen LogP contribution >= 0.6 is 11.6 Å². The Hall–Kier alpha value is -1.82. The molecule has 1 aromatic heterocycles. The standard InChI is InChI=1S/C15H22ClN3O3/c1-5-6-10(2)17-13(20)9-22-14(21)8-7-12-11(3)18-19(4)15(12)16/h7-8,10H,5-6,9H2,1-4H3,(H,17,20)/b8-7+. The predicted molar refractivity (Wildman–Crippen MR) is 85.5 cm³/mol. The van der Waals surface area contributed by atoms with E-state index in [9.17, 15) is 9.59 Å². The Labute approximate surface area is 135 Å². The number of carbonyl (C=O) groups excluding carboxylic acids is 2. The van der Waals surface area contributed by atoms with Crippen molar-refractivity contribution in [3.63, 3.8) is 0 Å². The van der Waals surface area contributed by atoms with Crippen LogP contribution in [0.5, 0.6) is 0 Å². The Balaban J connectivity index is 2.46. The number of rotatable bonds is 7. The highest BCUT2D eigenvalue weighted by Crippen LogP contribution is 2.19. The quantitative estimate of drug-likeness (QED) is 0.615. The van der Waals surface area contributed by atoms with Crippen molar-refractivity contribution in [3.8, 4) is 0 Å². The van der Waals surface area contributed by atoms with Crippen LogP contribution in [-0.2, 0) is 21.4 Å².